The first-order chi connectivity index (χ1) is 13.0. The summed E-state index contributed by atoms with van der Waals surface area (Å²) in [5.41, 5.74) is 1.47. The Morgan fingerprint density at radius 3 is 2.26 bits per heavy atom. The fraction of sp³-hybridized carbons (Fsp3) is 0.0952. The summed E-state index contributed by atoms with van der Waals surface area (Å²) in [4.78, 5) is 22.3. The number of carbonyl (C=O) groups is 1. The molecule has 0 N–H and O–H groups in total. The third-order valence-electron chi connectivity index (χ3n) is 3.60. The third kappa shape index (κ3) is 4.98. The van der Waals surface area contributed by atoms with E-state index in [9.17, 15) is 9.18 Å². The molecule has 3 aromatic rings. The van der Waals surface area contributed by atoms with E-state index in [-0.39, 0.29) is 17.4 Å². The van der Waals surface area contributed by atoms with Crippen LogP contribution in [0.4, 0.5) is 4.39 Å². The second kappa shape index (κ2) is 8.23. The third-order valence-corrected chi connectivity index (χ3v) is 3.60. The maximum absolute atomic E-state index is 12.9. The van der Waals surface area contributed by atoms with Gasteiger partial charge in [0.25, 0.3) is 0 Å². The number of halogens is 1. The summed E-state index contributed by atoms with van der Waals surface area (Å²) in [5.74, 6) is 0.725. The molecule has 0 aliphatic rings. The molecule has 0 amide bonds. The molecule has 0 aliphatic heterocycles. The molecular weight excluding hydrogens is 345 g/mol. The molecule has 6 heteroatoms. The van der Waals surface area contributed by atoms with Gasteiger partial charge in [-0.25, -0.2) is 14.4 Å². The minimum Gasteiger partial charge on any atom is -0.457 e. The maximum Gasteiger partial charge on any atom is 0.224 e. The smallest absolute Gasteiger partial charge is 0.224 e. The van der Waals surface area contributed by atoms with Crippen LogP contribution in [0.15, 0.2) is 73.1 Å². The largest absolute Gasteiger partial charge is 0.457 e. The van der Waals surface area contributed by atoms with Crippen molar-refractivity contribution in [2.75, 3.05) is 14.1 Å². The van der Waals surface area contributed by atoms with Gasteiger partial charge in [0.05, 0.1) is 5.69 Å². The number of nitrogens with zero attached hydrogens (tertiary/aromatic N) is 3. The summed E-state index contributed by atoms with van der Waals surface area (Å²) in [6.45, 7) is 0. The van der Waals surface area contributed by atoms with Crippen molar-refractivity contribution in [2.45, 2.75) is 0 Å². The van der Waals surface area contributed by atoms with E-state index in [1.165, 1.54) is 18.2 Å². The predicted molar refractivity (Wildman–Crippen MR) is 101 cm³/mol. The number of carbonyl (C=O) groups excluding carboxylic acids is 1. The highest BCUT2D eigenvalue weighted by Gasteiger charge is 2.08. The highest BCUT2D eigenvalue weighted by Crippen LogP contribution is 2.25. The van der Waals surface area contributed by atoms with Gasteiger partial charge in [-0.15, -0.1) is 0 Å². The van der Waals surface area contributed by atoms with Gasteiger partial charge in [0.2, 0.25) is 11.6 Å². The lowest BCUT2D eigenvalue weighted by molar-refractivity contribution is 0.103. The monoisotopic (exact) mass is 363 g/mol. The summed E-state index contributed by atoms with van der Waals surface area (Å²) >= 11 is 0. The minimum atomic E-state index is -0.313. The van der Waals surface area contributed by atoms with Gasteiger partial charge in [0.15, 0.2) is 0 Å². The van der Waals surface area contributed by atoms with Crippen LogP contribution in [0.1, 0.15) is 10.6 Å². The molecule has 0 saturated carbocycles. The first-order valence-electron chi connectivity index (χ1n) is 8.27. The van der Waals surface area contributed by atoms with E-state index in [0.29, 0.717) is 17.2 Å². The van der Waals surface area contributed by atoms with Crippen LogP contribution in [0.25, 0.3) is 11.3 Å². The summed E-state index contributed by atoms with van der Waals surface area (Å²) in [6, 6.07) is 14.8. The first kappa shape index (κ1) is 18.3. The van der Waals surface area contributed by atoms with E-state index >= 15 is 0 Å². The fourth-order valence-corrected chi connectivity index (χ4v) is 2.26. The number of allylic oxidation sites excluding steroid dienone is 1. The van der Waals surface area contributed by atoms with E-state index in [1.807, 2.05) is 26.2 Å². The van der Waals surface area contributed by atoms with Gasteiger partial charge < -0.3 is 9.64 Å². The van der Waals surface area contributed by atoms with Crippen LogP contribution in [0.2, 0.25) is 0 Å². The van der Waals surface area contributed by atoms with Crippen molar-refractivity contribution in [1.82, 2.24) is 14.9 Å². The second-order valence-corrected chi connectivity index (χ2v) is 5.99. The maximum atomic E-state index is 12.9. The topological polar surface area (TPSA) is 55.3 Å². The number of ether oxygens (including phenoxy) is 1. The van der Waals surface area contributed by atoms with Crippen molar-refractivity contribution < 1.29 is 13.9 Å². The molecule has 0 radical (unpaired) electrons. The average molecular weight is 363 g/mol. The zero-order valence-electron chi connectivity index (χ0n) is 15.0. The Kier molecular flexibility index (Phi) is 5.56. The Labute approximate surface area is 156 Å². The van der Waals surface area contributed by atoms with E-state index in [0.717, 1.165) is 5.56 Å². The number of aromatic nitrogens is 2. The summed E-state index contributed by atoms with van der Waals surface area (Å²) in [6.07, 6.45) is 4.64. The first-order valence-corrected chi connectivity index (χ1v) is 8.27. The van der Waals surface area contributed by atoms with Gasteiger partial charge in [-0.3, -0.25) is 4.79 Å². The second-order valence-electron chi connectivity index (χ2n) is 5.99. The molecule has 136 valence electrons. The van der Waals surface area contributed by atoms with Crippen LogP contribution in [-0.2, 0) is 0 Å². The van der Waals surface area contributed by atoms with E-state index in [2.05, 4.69) is 9.97 Å². The van der Waals surface area contributed by atoms with E-state index in [4.69, 9.17) is 4.74 Å². The molecular formula is C21H18FN3O2. The van der Waals surface area contributed by atoms with E-state index in [1.54, 1.807) is 47.6 Å². The normalized spacial score (nSPS) is 10.8. The molecule has 27 heavy (non-hydrogen) atoms. The Balaban J connectivity index is 1.76. The van der Waals surface area contributed by atoms with Gasteiger partial charge in [0, 0.05) is 38.1 Å². The molecule has 5 nitrogen and oxygen atoms in total. The van der Waals surface area contributed by atoms with Crippen LogP contribution in [0, 0.1) is 5.82 Å². The Morgan fingerprint density at radius 1 is 1.00 bits per heavy atom. The Bertz CT molecular complexity index is 952. The van der Waals surface area contributed by atoms with Crippen LogP contribution >= 0.6 is 0 Å². The molecule has 0 aliphatic carbocycles. The van der Waals surface area contributed by atoms with Crippen LogP contribution in [0.3, 0.4) is 0 Å². The number of rotatable bonds is 6. The SMILES string of the molecule is CN(C)/C=C/C(=O)c1nccc(-c2ccc(Oc3ccc(F)cc3)cc2)n1. The van der Waals surface area contributed by atoms with Crippen LogP contribution < -0.4 is 4.74 Å². The van der Waals surface area contributed by atoms with Crippen molar-refractivity contribution in [3.8, 4) is 22.8 Å². The standard InChI is InChI=1S/C21H18FN3O2/c1-25(2)14-12-20(26)21-23-13-11-19(24-21)15-3-7-17(8-4-15)27-18-9-5-16(22)6-10-18/h3-14H,1-2H3/b14-12+. The average Bonchev–Trinajstić information content (AvgIpc) is 2.68. The number of benzene rings is 2. The highest BCUT2D eigenvalue weighted by molar-refractivity contribution is 6.01. The van der Waals surface area contributed by atoms with Crippen molar-refractivity contribution in [1.29, 1.82) is 0 Å². The molecule has 0 saturated heterocycles. The number of hydrogen-bond donors (Lipinski definition) is 0. The van der Waals surface area contributed by atoms with Crippen LogP contribution in [-0.4, -0.2) is 34.7 Å². The molecule has 1 heterocycles. The van der Waals surface area contributed by atoms with Gasteiger partial charge in [0.1, 0.15) is 17.3 Å². The van der Waals surface area contributed by atoms with Gasteiger partial charge in [-0.1, -0.05) is 0 Å². The molecule has 1 aromatic heterocycles. The molecule has 0 atom stereocenters. The Morgan fingerprint density at radius 2 is 1.63 bits per heavy atom. The summed E-state index contributed by atoms with van der Waals surface area (Å²) in [7, 11) is 3.66. The lowest BCUT2D eigenvalue weighted by atomic mass is 10.1. The van der Waals surface area contributed by atoms with Crippen molar-refractivity contribution in [2.24, 2.45) is 0 Å². The highest BCUT2D eigenvalue weighted by atomic mass is 19.1. The van der Waals surface area contributed by atoms with Crippen molar-refractivity contribution >= 4 is 5.78 Å². The van der Waals surface area contributed by atoms with Crippen LogP contribution in [0.5, 0.6) is 11.5 Å². The van der Waals surface area contributed by atoms with Crippen molar-refractivity contribution in [3.05, 3.63) is 84.7 Å². The number of hydrogen-bond acceptors (Lipinski definition) is 5. The Hall–Kier alpha value is -3.54. The van der Waals surface area contributed by atoms with E-state index < -0.39 is 0 Å². The summed E-state index contributed by atoms with van der Waals surface area (Å²) < 4.78 is 18.6. The van der Waals surface area contributed by atoms with Gasteiger partial charge in [-0.2, -0.15) is 0 Å². The molecule has 0 unspecified atom stereocenters. The summed E-state index contributed by atoms with van der Waals surface area (Å²) in [5, 5.41) is 0. The molecule has 3 rings (SSSR count). The predicted octanol–water partition coefficient (Wildman–Crippen LogP) is 4.33. The quantitative estimate of drug-likeness (QED) is 0.482. The molecule has 0 bridgehead atoms. The molecule has 0 fully saturated rings. The fourth-order valence-electron chi connectivity index (χ4n) is 2.26. The van der Waals surface area contributed by atoms with Crippen molar-refractivity contribution in [3.63, 3.8) is 0 Å². The molecule has 2 aromatic carbocycles. The van der Waals surface area contributed by atoms with Gasteiger partial charge >= 0.3 is 0 Å². The van der Waals surface area contributed by atoms with Gasteiger partial charge in [-0.05, 0) is 54.6 Å². The minimum absolute atomic E-state index is 0.136. The molecule has 0 spiro atoms. The lowest BCUT2D eigenvalue weighted by Crippen LogP contribution is -2.06. The zero-order valence-corrected chi connectivity index (χ0v) is 15.0. The zero-order chi connectivity index (χ0) is 19.2. The number of ketones is 1. The lowest BCUT2D eigenvalue weighted by Gasteiger charge is -2.07.